The van der Waals surface area contributed by atoms with Crippen molar-refractivity contribution in [3.05, 3.63) is 40.8 Å². The molecule has 0 spiro atoms. The summed E-state index contributed by atoms with van der Waals surface area (Å²) in [6.45, 7) is 3.74. The van der Waals surface area contributed by atoms with Gasteiger partial charge in [0.15, 0.2) is 5.82 Å². The van der Waals surface area contributed by atoms with Crippen LogP contribution in [0.25, 0.3) is 11.0 Å². The number of benzene rings is 1. The van der Waals surface area contributed by atoms with E-state index in [1.54, 1.807) is 0 Å². The highest BCUT2D eigenvalue weighted by atomic mass is 15.2. The van der Waals surface area contributed by atoms with E-state index in [1.165, 1.54) is 12.8 Å². The Hall–Kier alpha value is -2.94. The molecule has 1 saturated carbocycles. The highest BCUT2D eigenvalue weighted by Crippen LogP contribution is 2.40. The molecular formula is C18H18N6. The van der Waals surface area contributed by atoms with Crippen LogP contribution in [0.5, 0.6) is 0 Å². The number of nitriles is 1. The van der Waals surface area contributed by atoms with Crippen LogP contribution in [0, 0.1) is 25.2 Å². The second-order valence-corrected chi connectivity index (χ2v) is 6.38. The molecule has 3 aromatic rings. The number of nitrogens with zero attached hydrogens (tertiary/aromatic N) is 5. The molecule has 120 valence electrons. The first-order chi connectivity index (χ1) is 11.6. The van der Waals surface area contributed by atoms with Gasteiger partial charge in [-0.25, -0.2) is 4.98 Å². The van der Waals surface area contributed by atoms with Gasteiger partial charge < -0.3 is 9.88 Å². The Kier molecular flexibility index (Phi) is 3.24. The molecule has 2 heterocycles. The van der Waals surface area contributed by atoms with Crippen molar-refractivity contribution < 1.29 is 0 Å². The lowest BCUT2D eigenvalue weighted by Crippen LogP contribution is -2.03. The van der Waals surface area contributed by atoms with Crippen molar-refractivity contribution in [3.8, 4) is 6.07 Å². The molecular weight excluding hydrogens is 300 g/mol. The van der Waals surface area contributed by atoms with Gasteiger partial charge in [-0.05, 0) is 50.5 Å². The molecule has 1 fully saturated rings. The molecule has 0 radical (unpaired) electrons. The number of nitrogens with one attached hydrogen (secondary N) is 1. The third kappa shape index (κ3) is 2.29. The molecule has 1 aliphatic rings. The summed E-state index contributed by atoms with van der Waals surface area (Å²) in [6, 6.07) is 8.25. The maximum atomic E-state index is 9.41. The molecule has 6 heteroatoms. The summed E-state index contributed by atoms with van der Waals surface area (Å²) < 4.78 is 2.17. The number of hydrogen-bond acceptors (Lipinski definition) is 5. The summed E-state index contributed by atoms with van der Waals surface area (Å²) in [5.41, 5.74) is 5.09. The van der Waals surface area contributed by atoms with Gasteiger partial charge in [0.2, 0.25) is 0 Å². The van der Waals surface area contributed by atoms with Crippen LogP contribution in [-0.4, -0.2) is 19.7 Å². The summed E-state index contributed by atoms with van der Waals surface area (Å²) in [5.74, 6) is 2.25. The monoisotopic (exact) mass is 318 g/mol. The largest absolute Gasteiger partial charge is 0.338 e. The minimum absolute atomic E-state index is 0.485. The molecule has 0 bridgehead atoms. The Morgan fingerprint density at radius 1 is 1.25 bits per heavy atom. The highest BCUT2D eigenvalue weighted by molar-refractivity contribution is 5.82. The van der Waals surface area contributed by atoms with E-state index < -0.39 is 0 Å². The van der Waals surface area contributed by atoms with Crippen LogP contribution >= 0.6 is 0 Å². The fourth-order valence-corrected chi connectivity index (χ4v) is 2.97. The van der Waals surface area contributed by atoms with Crippen molar-refractivity contribution in [2.24, 2.45) is 7.05 Å². The zero-order chi connectivity index (χ0) is 16.8. The van der Waals surface area contributed by atoms with Crippen molar-refractivity contribution in [3.63, 3.8) is 0 Å². The van der Waals surface area contributed by atoms with Gasteiger partial charge in [0.25, 0.3) is 0 Å². The van der Waals surface area contributed by atoms with Crippen LogP contribution < -0.4 is 5.32 Å². The van der Waals surface area contributed by atoms with Crippen LogP contribution in [0.4, 0.5) is 11.5 Å². The van der Waals surface area contributed by atoms with Gasteiger partial charge in [0.05, 0.1) is 16.7 Å². The van der Waals surface area contributed by atoms with Crippen molar-refractivity contribution in [2.75, 3.05) is 5.32 Å². The summed E-state index contributed by atoms with van der Waals surface area (Å²) in [6.07, 6.45) is 2.46. The summed E-state index contributed by atoms with van der Waals surface area (Å²) in [4.78, 5) is 4.77. The molecule has 0 aliphatic heterocycles. The van der Waals surface area contributed by atoms with E-state index >= 15 is 0 Å². The number of aryl methyl sites for hydroxylation is 2. The van der Waals surface area contributed by atoms with E-state index in [-0.39, 0.29) is 0 Å². The summed E-state index contributed by atoms with van der Waals surface area (Å²) in [5, 5.41) is 20.9. The van der Waals surface area contributed by atoms with Gasteiger partial charge in [-0.15, -0.1) is 5.10 Å². The zero-order valence-electron chi connectivity index (χ0n) is 14.0. The fourth-order valence-electron chi connectivity index (χ4n) is 2.97. The Labute approximate surface area is 140 Å². The van der Waals surface area contributed by atoms with Crippen LogP contribution in [0.1, 0.15) is 41.4 Å². The molecule has 0 saturated heterocycles. The Bertz CT molecular complexity index is 991. The molecule has 24 heavy (non-hydrogen) atoms. The van der Waals surface area contributed by atoms with Gasteiger partial charge in [0, 0.05) is 18.7 Å². The smallest absolute Gasteiger partial charge is 0.171 e. The maximum Gasteiger partial charge on any atom is 0.171 e. The number of hydrogen-bond donors (Lipinski definition) is 1. The van der Waals surface area contributed by atoms with Crippen LogP contribution in [0.2, 0.25) is 0 Å². The lowest BCUT2D eigenvalue weighted by molar-refractivity contribution is 0.820. The standard InChI is InChI=1S/C18H18N6/c1-10-11(2)22-23-17(14(10)9-19)20-13-6-7-16-15(8-13)21-18(24(16)3)12-4-5-12/h6-8,12H,4-5H2,1-3H3,(H,20,23). The molecule has 6 nitrogen and oxygen atoms in total. The lowest BCUT2D eigenvalue weighted by atomic mass is 10.1. The first-order valence-electron chi connectivity index (χ1n) is 8.06. The molecule has 0 unspecified atom stereocenters. The third-order valence-electron chi connectivity index (χ3n) is 4.69. The Morgan fingerprint density at radius 3 is 2.75 bits per heavy atom. The third-order valence-corrected chi connectivity index (χ3v) is 4.69. The van der Waals surface area contributed by atoms with E-state index in [4.69, 9.17) is 4.98 Å². The van der Waals surface area contributed by atoms with Gasteiger partial charge in [0.1, 0.15) is 17.5 Å². The fraction of sp³-hybridized carbons (Fsp3) is 0.333. The summed E-state index contributed by atoms with van der Waals surface area (Å²) in [7, 11) is 2.07. The van der Waals surface area contributed by atoms with E-state index in [9.17, 15) is 5.26 Å². The minimum Gasteiger partial charge on any atom is -0.338 e. The Balaban J connectivity index is 1.73. The van der Waals surface area contributed by atoms with Gasteiger partial charge in [-0.1, -0.05) is 0 Å². The number of rotatable bonds is 3. The SMILES string of the molecule is Cc1nnc(Nc2ccc3c(c2)nc(C2CC2)n3C)c(C#N)c1C. The number of anilines is 2. The van der Waals surface area contributed by atoms with Gasteiger partial charge in [-0.2, -0.15) is 10.4 Å². The second kappa shape index (κ2) is 5.31. The molecule has 2 aromatic heterocycles. The number of aromatic nitrogens is 4. The van der Waals surface area contributed by atoms with Crippen LogP contribution in [0.15, 0.2) is 18.2 Å². The number of imidazole rings is 1. The second-order valence-electron chi connectivity index (χ2n) is 6.38. The van der Waals surface area contributed by atoms with E-state index in [0.29, 0.717) is 17.3 Å². The van der Waals surface area contributed by atoms with Gasteiger partial charge in [-0.3, -0.25) is 0 Å². The quantitative estimate of drug-likeness (QED) is 0.800. The van der Waals surface area contributed by atoms with E-state index in [1.807, 2.05) is 26.0 Å². The van der Waals surface area contributed by atoms with Crippen LogP contribution in [-0.2, 0) is 7.05 Å². The Morgan fingerprint density at radius 2 is 2.04 bits per heavy atom. The predicted octanol–water partition coefficient (Wildman–Crippen LogP) is 3.47. The van der Waals surface area contributed by atoms with E-state index in [0.717, 1.165) is 33.8 Å². The topological polar surface area (TPSA) is 79.4 Å². The van der Waals surface area contributed by atoms with Crippen molar-refractivity contribution in [1.29, 1.82) is 5.26 Å². The normalized spacial score (nSPS) is 13.9. The maximum absolute atomic E-state index is 9.41. The minimum atomic E-state index is 0.485. The first-order valence-corrected chi connectivity index (χ1v) is 8.06. The average Bonchev–Trinajstić information content (AvgIpc) is 3.36. The predicted molar refractivity (Wildman–Crippen MR) is 92.2 cm³/mol. The highest BCUT2D eigenvalue weighted by Gasteiger charge is 2.28. The summed E-state index contributed by atoms with van der Waals surface area (Å²) >= 11 is 0. The molecule has 0 atom stereocenters. The van der Waals surface area contributed by atoms with Crippen molar-refractivity contribution in [1.82, 2.24) is 19.7 Å². The average molecular weight is 318 g/mol. The lowest BCUT2D eigenvalue weighted by Gasteiger charge is -2.09. The van der Waals surface area contributed by atoms with E-state index in [2.05, 4.69) is 39.3 Å². The first kappa shape index (κ1) is 14.6. The van der Waals surface area contributed by atoms with Crippen molar-refractivity contribution >= 4 is 22.5 Å². The van der Waals surface area contributed by atoms with Crippen LogP contribution in [0.3, 0.4) is 0 Å². The number of fused-ring (bicyclic) bond motifs is 1. The molecule has 0 amide bonds. The molecule has 1 N–H and O–H groups in total. The van der Waals surface area contributed by atoms with Crippen molar-refractivity contribution in [2.45, 2.75) is 32.6 Å². The molecule has 1 aliphatic carbocycles. The molecule has 1 aromatic carbocycles. The molecule has 4 rings (SSSR count). The van der Waals surface area contributed by atoms with Gasteiger partial charge >= 0.3 is 0 Å². The zero-order valence-corrected chi connectivity index (χ0v) is 14.0.